The van der Waals surface area contributed by atoms with E-state index in [0.29, 0.717) is 17.5 Å². The van der Waals surface area contributed by atoms with Crippen LogP contribution in [0.3, 0.4) is 0 Å². The van der Waals surface area contributed by atoms with Gasteiger partial charge < -0.3 is 9.47 Å². The van der Waals surface area contributed by atoms with Crippen molar-refractivity contribution in [3.8, 4) is 5.88 Å². The highest BCUT2D eigenvalue weighted by Gasteiger charge is 2.24. The lowest BCUT2D eigenvalue weighted by Gasteiger charge is -2.28. The highest BCUT2D eigenvalue weighted by molar-refractivity contribution is 5.80. The predicted molar refractivity (Wildman–Crippen MR) is 73.2 cm³/mol. The average Bonchev–Trinajstić information content (AvgIpc) is 2.96. The Hall–Kier alpha value is -1.93. The zero-order valence-corrected chi connectivity index (χ0v) is 11.3. The first-order chi connectivity index (χ1) is 9.80. The molecule has 1 fully saturated rings. The molecule has 4 N–H and O–H groups in total. The van der Waals surface area contributed by atoms with Crippen LogP contribution in [0.15, 0.2) is 6.20 Å². The zero-order valence-electron chi connectivity index (χ0n) is 11.3. The largest absolute Gasteiger partial charge is 0.474 e. The van der Waals surface area contributed by atoms with E-state index in [2.05, 4.69) is 25.6 Å². The number of ether oxygens (including phenoxy) is 2. The maximum atomic E-state index is 6.01. The van der Waals surface area contributed by atoms with E-state index in [1.807, 2.05) is 0 Å². The first-order valence-electron chi connectivity index (χ1n) is 6.67. The van der Waals surface area contributed by atoms with Gasteiger partial charge in [-0.25, -0.2) is 5.84 Å². The number of nitrogens with two attached hydrogens (primary N) is 1. The van der Waals surface area contributed by atoms with E-state index in [4.69, 9.17) is 15.3 Å². The molecular formula is C12H18N6O2. The second-order valence-electron chi connectivity index (χ2n) is 4.89. The number of hydrazine groups is 1. The molecule has 1 aliphatic rings. The van der Waals surface area contributed by atoms with E-state index < -0.39 is 0 Å². The molecule has 0 aromatic carbocycles. The number of hydrogen-bond donors (Lipinski definition) is 3. The number of anilines is 1. The van der Waals surface area contributed by atoms with Gasteiger partial charge >= 0.3 is 0 Å². The van der Waals surface area contributed by atoms with Crippen molar-refractivity contribution >= 4 is 17.0 Å². The topological polar surface area (TPSA) is 111 Å². The molecule has 2 heterocycles. The van der Waals surface area contributed by atoms with Gasteiger partial charge in [-0.05, 0) is 19.3 Å². The van der Waals surface area contributed by atoms with Crippen LogP contribution in [-0.4, -0.2) is 39.5 Å². The quantitative estimate of drug-likeness (QED) is 0.564. The van der Waals surface area contributed by atoms with Crippen molar-refractivity contribution in [2.45, 2.75) is 37.9 Å². The van der Waals surface area contributed by atoms with Crippen LogP contribution in [-0.2, 0) is 4.74 Å². The molecule has 1 aliphatic carbocycles. The number of nitrogen functional groups attached to an aromatic ring is 1. The van der Waals surface area contributed by atoms with Crippen molar-refractivity contribution in [2.24, 2.45) is 5.84 Å². The van der Waals surface area contributed by atoms with Crippen LogP contribution in [0.1, 0.15) is 25.7 Å². The molecule has 108 valence electrons. The Morgan fingerprint density at radius 2 is 2.20 bits per heavy atom. The van der Waals surface area contributed by atoms with Gasteiger partial charge in [0.15, 0.2) is 5.65 Å². The van der Waals surface area contributed by atoms with E-state index in [9.17, 15) is 0 Å². The van der Waals surface area contributed by atoms with Crippen LogP contribution < -0.4 is 16.0 Å². The summed E-state index contributed by atoms with van der Waals surface area (Å²) in [4.78, 5) is 8.43. The predicted octanol–water partition coefficient (Wildman–Crippen LogP) is 0.975. The molecule has 2 aromatic rings. The van der Waals surface area contributed by atoms with Gasteiger partial charge in [-0.2, -0.15) is 15.1 Å². The molecule has 8 nitrogen and oxygen atoms in total. The summed E-state index contributed by atoms with van der Waals surface area (Å²) in [5, 5.41) is 7.50. The van der Waals surface area contributed by atoms with Gasteiger partial charge in [0.2, 0.25) is 11.8 Å². The van der Waals surface area contributed by atoms with Crippen LogP contribution >= 0.6 is 0 Å². The van der Waals surface area contributed by atoms with Crippen LogP contribution in [0.5, 0.6) is 5.88 Å². The molecular weight excluding hydrogens is 260 g/mol. The first kappa shape index (κ1) is 13.1. The third-order valence-electron chi connectivity index (χ3n) is 3.59. The highest BCUT2D eigenvalue weighted by atomic mass is 16.5. The molecule has 0 bridgehead atoms. The summed E-state index contributed by atoms with van der Waals surface area (Å²) >= 11 is 0. The fourth-order valence-electron chi connectivity index (χ4n) is 2.54. The summed E-state index contributed by atoms with van der Waals surface area (Å²) in [6.07, 6.45) is 6.03. The molecule has 8 heteroatoms. The molecule has 2 aromatic heterocycles. The van der Waals surface area contributed by atoms with Crippen molar-refractivity contribution in [1.29, 1.82) is 0 Å². The van der Waals surface area contributed by atoms with Crippen molar-refractivity contribution in [3.63, 3.8) is 0 Å². The Bertz CT molecular complexity index is 586. The van der Waals surface area contributed by atoms with E-state index in [1.54, 1.807) is 13.3 Å². The highest BCUT2D eigenvalue weighted by Crippen LogP contribution is 2.28. The third-order valence-corrected chi connectivity index (χ3v) is 3.59. The van der Waals surface area contributed by atoms with E-state index in [-0.39, 0.29) is 12.2 Å². The number of hydrogen-bond acceptors (Lipinski definition) is 7. The zero-order chi connectivity index (χ0) is 13.9. The Balaban J connectivity index is 1.84. The van der Waals surface area contributed by atoms with Crippen LogP contribution in [0.2, 0.25) is 0 Å². The second kappa shape index (κ2) is 5.59. The van der Waals surface area contributed by atoms with Gasteiger partial charge in [-0.1, -0.05) is 0 Å². The van der Waals surface area contributed by atoms with Gasteiger partial charge in [0, 0.05) is 13.5 Å². The lowest BCUT2D eigenvalue weighted by molar-refractivity contribution is 0.0201. The minimum atomic E-state index is 0.0901. The van der Waals surface area contributed by atoms with E-state index in [0.717, 1.165) is 31.1 Å². The summed E-state index contributed by atoms with van der Waals surface area (Å²) in [6, 6.07) is 0. The molecule has 0 radical (unpaired) electrons. The maximum Gasteiger partial charge on any atom is 0.242 e. The van der Waals surface area contributed by atoms with Gasteiger partial charge in [0.05, 0.1) is 12.3 Å². The molecule has 3 rings (SSSR count). The lowest BCUT2D eigenvalue weighted by Crippen LogP contribution is -2.29. The minimum absolute atomic E-state index is 0.0901. The number of nitrogens with zero attached hydrogens (tertiary/aromatic N) is 3. The molecule has 0 amide bonds. The molecule has 2 unspecified atom stereocenters. The summed E-state index contributed by atoms with van der Waals surface area (Å²) < 4.78 is 11.4. The van der Waals surface area contributed by atoms with Crippen LogP contribution in [0, 0.1) is 0 Å². The normalized spacial score (nSPS) is 22.9. The number of methoxy groups -OCH3 is 1. The molecule has 0 saturated heterocycles. The molecule has 0 aliphatic heterocycles. The third kappa shape index (κ3) is 2.52. The molecule has 2 atom stereocenters. The van der Waals surface area contributed by atoms with Gasteiger partial charge in [0.25, 0.3) is 0 Å². The van der Waals surface area contributed by atoms with Gasteiger partial charge in [-0.15, -0.1) is 0 Å². The minimum Gasteiger partial charge on any atom is -0.474 e. The second-order valence-corrected chi connectivity index (χ2v) is 4.89. The standard InChI is InChI=1S/C12H18N6O2/c1-19-7-3-2-4-8(5-7)20-11-9-6-14-18-10(9)15-12(16-11)17-13/h6-8H,2-5,13H2,1H3,(H2,14,15,16,17,18). The number of aromatic amines is 1. The van der Waals surface area contributed by atoms with Gasteiger partial charge in [-0.3, -0.25) is 10.5 Å². The number of fused-ring (bicyclic) bond motifs is 1. The Morgan fingerprint density at radius 3 is 3.00 bits per heavy atom. The monoisotopic (exact) mass is 278 g/mol. The van der Waals surface area contributed by atoms with E-state index >= 15 is 0 Å². The summed E-state index contributed by atoms with van der Waals surface area (Å²) in [6.45, 7) is 0. The Kier molecular flexibility index (Phi) is 3.66. The molecule has 0 spiro atoms. The number of aromatic nitrogens is 4. The summed E-state index contributed by atoms with van der Waals surface area (Å²) in [5.41, 5.74) is 3.03. The van der Waals surface area contributed by atoms with E-state index in [1.165, 1.54) is 0 Å². The fourth-order valence-corrected chi connectivity index (χ4v) is 2.54. The van der Waals surface area contributed by atoms with Crippen LogP contribution in [0.25, 0.3) is 11.0 Å². The molecule has 1 saturated carbocycles. The number of rotatable bonds is 4. The average molecular weight is 278 g/mol. The van der Waals surface area contributed by atoms with Crippen molar-refractivity contribution in [3.05, 3.63) is 6.20 Å². The summed E-state index contributed by atoms with van der Waals surface area (Å²) in [7, 11) is 1.74. The smallest absolute Gasteiger partial charge is 0.242 e. The first-order valence-corrected chi connectivity index (χ1v) is 6.67. The lowest BCUT2D eigenvalue weighted by atomic mass is 9.95. The Labute approximate surface area is 116 Å². The van der Waals surface area contributed by atoms with Gasteiger partial charge in [0.1, 0.15) is 11.5 Å². The Morgan fingerprint density at radius 1 is 1.35 bits per heavy atom. The van der Waals surface area contributed by atoms with Crippen molar-refractivity contribution < 1.29 is 9.47 Å². The number of H-pyrrole nitrogens is 1. The maximum absolute atomic E-state index is 6.01. The fraction of sp³-hybridized carbons (Fsp3) is 0.583. The van der Waals surface area contributed by atoms with Crippen molar-refractivity contribution in [2.75, 3.05) is 12.5 Å². The summed E-state index contributed by atoms with van der Waals surface area (Å²) in [5.74, 6) is 6.17. The van der Waals surface area contributed by atoms with Crippen molar-refractivity contribution in [1.82, 2.24) is 20.2 Å². The molecule has 20 heavy (non-hydrogen) atoms. The van der Waals surface area contributed by atoms with Crippen LogP contribution in [0.4, 0.5) is 5.95 Å². The SMILES string of the molecule is COC1CCCC(Oc2nc(NN)nc3[nH]ncc23)C1. The number of nitrogens with one attached hydrogen (secondary N) is 2.